The van der Waals surface area contributed by atoms with Crippen LogP contribution in [0, 0.1) is 0 Å². The Morgan fingerprint density at radius 1 is 1.64 bits per heavy atom. The van der Waals surface area contributed by atoms with Crippen LogP contribution >= 0.6 is 0 Å². The average Bonchev–Trinajstić information content (AvgIpc) is 2.12. The van der Waals surface area contributed by atoms with E-state index in [1.165, 1.54) is 0 Å². The summed E-state index contributed by atoms with van der Waals surface area (Å²) in [5.74, 6) is -0.346. The molecule has 1 unspecified atom stereocenters. The first-order valence-corrected chi connectivity index (χ1v) is 4.60. The van der Waals surface area contributed by atoms with Crippen molar-refractivity contribution in [2.24, 2.45) is 5.73 Å². The molecule has 4 nitrogen and oxygen atoms in total. The van der Waals surface area contributed by atoms with Gasteiger partial charge in [-0.3, -0.25) is 0 Å². The Balaban J connectivity index is 2.90. The molecule has 0 fully saturated rings. The first-order chi connectivity index (χ1) is 6.50. The van der Waals surface area contributed by atoms with Crippen molar-refractivity contribution in [3.63, 3.8) is 0 Å². The summed E-state index contributed by atoms with van der Waals surface area (Å²) in [6.45, 7) is 5.71. The summed E-state index contributed by atoms with van der Waals surface area (Å²) in [6, 6.07) is 0. The second-order valence-electron chi connectivity index (χ2n) is 3.44. The van der Waals surface area contributed by atoms with Crippen LogP contribution in [-0.4, -0.2) is 18.1 Å². The molecule has 14 heavy (non-hydrogen) atoms. The summed E-state index contributed by atoms with van der Waals surface area (Å²) in [5, 5.41) is 3.02. The van der Waals surface area contributed by atoms with Crippen LogP contribution in [0.2, 0.25) is 0 Å². The van der Waals surface area contributed by atoms with Gasteiger partial charge in [-0.05, 0) is 32.9 Å². The number of nitrogens with two attached hydrogens (primary N) is 1. The Morgan fingerprint density at radius 2 is 2.29 bits per heavy atom. The van der Waals surface area contributed by atoms with Crippen LogP contribution < -0.4 is 11.1 Å². The van der Waals surface area contributed by atoms with Crippen molar-refractivity contribution in [1.82, 2.24) is 5.32 Å². The number of carbonyl (C=O) groups is 1. The van der Waals surface area contributed by atoms with E-state index in [-0.39, 0.29) is 5.97 Å². The van der Waals surface area contributed by atoms with Crippen LogP contribution in [0.5, 0.6) is 0 Å². The standard InChI is InChI=1S/C10H16N2O2/c1-4-14-9(13)10(3)8(11)6-5-7(2)12-10/h5-6,12H,4,11H2,1-3H3. The summed E-state index contributed by atoms with van der Waals surface area (Å²) in [6.07, 6.45) is 3.55. The van der Waals surface area contributed by atoms with E-state index in [2.05, 4.69) is 5.32 Å². The van der Waals surface area contributed by atoms with E-state index in [0.717, 1.165) is 5.70 Å². The molecular formula is C10H16N2O2. The number of hydrogen-bond acceptors (Lipinski definition) is 4. The zero-order valence-electron chi connectivity index (χ0n) is 8.76. The van der Waals surface area contributed by atoms with Gasteiger partial charge in [0.05, 0.1) is 6.61 Å². The molecule has 0 spiro atoms. The first kappa shape index (κ1) is 10.6. The number of allylic oxidation sites excluding steroid dienone is 3. The monoisotopic (exact) mass is 196 g/mol. The molecule has 0 bridgehead atoms. The number of ether oxygens (including phenoxy) is 1. The normalized spacial score (nSPS) is 25.9. The smallest absolute Gasteiger partial charge is 0.337 e. The Labute approximate surface area is 83.8 Å². The van der Waals surface area contributed by atoms with Crippen molar-refractivity contribution in [3.05, 3.63) is 23.5 Å². The van der Waals surface area contributed by atoms with Gasteiger partial charge in [-0.15, -0.1) is 0 Å². The van der Waals surface area contributed by atoms with Gasteiger partial charge >= 0.3 is 5.97 Å². The topological polar surface area (TPSA) is 64.3 Å². The van der Waals surface area contributed by atoms with Crippen LogP contribution in [0.4, 0.5) is 0 Å². The van der Waals surface area contributed by atoms with E-state index in [4.69, 9.17) is 10.5 Å². The van der Waals surface area contributed by atoms with Gasteiger partial charge in [0.2, 0.25) is 0 Å². The molecule has 4 heteroatoms. The zero-order chi connectivity index (χ0) is 10.8. The Bertz CT molecular complexity index is 307. The SMILES string of the molecule is CCOC(=O)C1(C)NC(C)=CC=C1N. The van der Waals surface area contributed by atoms with Crippen LogP contribution in [0.3, 0.4) is 0 Å². The highest BCUT2D eigenvalue weighted by atomic mass is 16.5. The van der Waals surface area contributed by atoms with E-state index >= 15 is 0 Å². The number of hydrogen-bond donors (Lipinski definition) is 2. The van der Waals surface area contributed by atoms with Gasteiger partial charge in [0.15, 0.2) is 5.54 Å². The molecule has 0 saturated heterocycles. The third-order valence-electron chi connectivity index (χ3n) is 2.22. The molecule has 0 aromatic rings. The van der Waals surface area contributed by atoms with Crippen molar-refractivity contribution in [1.29, 1.82) is 0 Å². The zero-order valence-corrected chi connectivity index (χ0v) is 8.76. The molecular weight excluding hydrogens is 180 g/mol. The van der Waals surface area contributed by atoms with Crippen LogP contribution in [-0.2, 0) is 9.53 Å². The molecule has 0 aliphatic carbocycles. The molecule has 78 valence electrons. The number of esters is 1. The van der Waals surface area contributed by atoms with Crippen molar-refractivity contribution < 1.29 is 9.53 Å². The summed E-state index contributed by atoms with van der Waals surface area (Å²) < 4.78 is 4.95. The second-order valence-corrected chi connectivity index (χ2v) is 3.44. The third-order valence-corrected chi connectivity index (χ3v) is 2.22. The predicted molar refractivity (Wildman–Crippen MR) is 54.2 cm³/mol. The summed E-state index contributed by atoms with van der Waals surface area (Å²) >= 11 is 0. The maximum absolute atomic E-state index is 11.6. The number of rotatable bonds is 2. The van der Waals surface area contributed by atoms with E-state index in [1.807, 2.05) is 13.0 Å². The molecule has 1 rings (SSSR count). The summed E-state index contributed by atoms with van der Waals surface area (Å²) in [4.78, 5) is 11.6. The van der Waals surface area contributed by atoms with Crippen LogP contribution in [0.15, 0.2) is 23.5 Å². The molecule has 0 radical (unpaired) electrons. The number of carbonyl (C=O) groups excluding carboxylic acids is 1. The van der Waals surface area contributed by atoms with Crippen molar-refractivity contribution >= 4 is 5.97 Å². The molecule has 0 saturated carbocycles. The van der Waals surface area contributed by atoms with Gasteiger partial charge < -0.3 is 15.8 Å². The molecule has 1 heterocycles. The second kappa shape index (κ2) is 3.74. The summed E-state index contributed by atoms with van der Waals surface area (Å²) in [5.41, 5.74) is 6.21. The van der Waals surface area contributed by atoms with Gasteiger partial charge in [-0.25, -0.2) is 4.79 Å². The molecule has 0 aromatic heterocycles. The fourth-order valence-corrected chi connectivity index (χ4v) is 1.33. The van der Waals surface area contributed by atoms with Gasteiger partial charge in [0, 0.05) is 11.4 Å². The largest absolute Gasteiger partial charge is 0.464 e. The van der Waals surface area contributed by atoms with Crippen molar-refractivity contribution in [3.8, 4) is 0 Å². The lowest BCUT2D eigenvalue weighted by molar-refractivity contribution is -0.148. The minimum atomic E-state index is -0.922. The molecule has 3 N–H and O–H groups in total. The van der Waals surface area contributed by atoms with E-state index in [9.17, 15) is 4.79 Å². The highest BCUT2D eigenvalue weighted by Gasteiger charge is 2.38. The Morgan fingerprint density at radius 3 is 2.86 bits per heavy atom. The highest BCUT2D eigenvalue weighted by Crippen LogP contribution is 2.20. The van der Waals surface area contributed by atoms with Crippen LogP contribution in [0.25, 0.3) is 0 Å². The first-order valence-electron chi connectivity index (χ1n) is 4.60. The number of dihydropyridines is 1. The fourth-order valence-electron chi connectivity index (χ4n) is 1.33. The molecule has 0 aromatic carbocycles. The maximum atomic E-state index is 11.6. The quantitative estimate of drug-likeness (QED) is 0.637. The third kappa shape index (κ3) is 1.73. The summed E-state index contributed by atoms with van der Waals surface area (Å²) in [7, 11) is 0. The van der Waals surface area contributed by atoms with Crippen LogP contribution in [0.1, 0.15) is 20.8 Å². The van der Waals surface area contributed by atoms with Crippen molar-refractivity contribution in [2.45, 2.75) is 26.3 Å². The average molecular weight is 196 g/mol. The Hall–Kier alpha value is -1.45. The highest BCUT2D eigenvalue weighted by molar-refractivity contribution is 5.85. The molecule has 1 atom stereocenters. The lowest BCUT2D eigenvalue weighted by atomic mass is 9.94. The lowest BCUT2D eigenvalue weighted by Gasteiger charge is -2.32. The fraction of sp³-hybridized carbons (Fsp3) is 0.500. The minimum Gasteiger partial charge on any atom is -0.464 e. The van der Waals surface area contributed by atoms with Gasteiger partial charge in [-0.2, -0.15) is 0 Å². The van der Waals surface area contributed by atoms with Gasteiger partial charge in [0.25, 0.3) is 0 Å². The predicted octanol–water partition coefficient (Wildman–Crippen LogP) is 0.658. The number of nitrogens with one attached hydrogen (secondary N) is 1. The minimum absolute atomic E-state index is 0.346. The molecule has 1 aliphatic rings. The Kier molecular flexibility index (Phi) is 2.84. The molecule has 0 amide bonds. The molecule has 1 aliphatic heterocycles. The van der Waals surface area contributed by atoms with E-state index in [1.54, 1.807) is 19.9 Å². The van der Waals surface area contributed by atoms with Gasteiger partial charge in [-0.1, -0.05) is 0 Å². The van der Waals surface area contributed by atoms with Gasteiger partial charge in [0.1, 0.15) is 0 Å². The van der Waals surface area contributed by atoms with E-state index in [0.29, 0.717) is 12.3 Å². The lowest BCUT2D eigenvalue weighted by Crippen LogP contribution is -2.54. The van der Waals surface area contributed by atoms with E-state index < -0.39 is 5.54 Å². The van der Waals surface area contributed by atoms with Crippen molar-refractivity contribution in [2.75, 3.05) is 6.61 Å². The maximum Gasteiger partial charge on any atom is 0.337 e.